The number of benzene rings is 1. The van der Waals surface area contributed by atoms with Gasteiger partial charge in [0, 0.05) is 13.1 Å². The lowest BCUT2D eigenvalue weighted by molar-refractivity contribution is -0.137. The normalized spacial score (nSPS) is 11.3. The Labute approximate surface area is 120 Å². The van der Waals surface area contributed by atoms with Crippen LogP contribution < -0.4 is 5.32 Å². The quantitative estimate of drug-likeness (QED) is 0.900. The van der Waals surface area contributed by atoms with Crippen LogP contribution in [-0.4, -0.2) is 30.4 Å². The standard InChI is InChI=1S/C13H16ClF3N2O/c1-3-19(4-2)11(20)8-18-12-9(13(15,16)17)6-5-7-10(12)14/h5-7,18H,3-4,8H2,1-2H3. The second kappa shape index (κ2) is 6.83. The predicted octanol–water partition coefficient (Wildman–Crippen LogP) is 3.64. The molecule has 0 heterocycles. The Hall–Kier alpha value is -1.43. The molecule has 0 radical (unpaired) electrons. The molecular formula is C13H16ClF3N2O. The van der Waals surface area contributed by atoms with Crippen LogP contribution in [0.1, 0.15) is 19.4 Å². The third-order valence-electron chi connectivity index (χ3n) is 2.85. The summed E-state index contributed by atoms with van der Waals surface area (Å²) in [7, 11) is 0. The van der Waals surface area contributed by atoms with E-state index < -0.39 is 11.7 Å². The van der Waals surface area contributed by atoms with Crippen molar-refractivity contribution < 1.29 is 18.0 Å². The largest absolute Gasteiger partial charge is 0.418 e. The molecular weight excluding hydrogens is 293 g/mol. The van der Waals surface area contributed by atoms with Gasteiger partial charge in [-0.25, -0.2) is 0 Å². The topological polar surface area (TPSA) is 32.3 Å². The average molecular weight is 309 g/mol. The van der Waals surface area contributed by atoms with Crippen LogP contribution in [0.5, 0.6) is 0 Å². The molecule has 0 saturated carbocycles. The first-order valence-electron chi connectivity index (χ1n) is 6.18. The van der Waals surface area contributed by atoms with E-state index in [0.29, 0.717) is 13.1 Å². The minimum absolute atomic E-state index is 0.0628. The van der Waals surface area contributed by atoms with E-state index in [0.717, 1.165) is 6.07 Å². The van der Waals surface area contributed by atoms with Crippen LogP contribution in [0.25, 0.3) is 0 Å². The Morgan fingerprint density at radius 3 is 2.40 bits per heavy atom. The molecule has 1 amide bonds. The highest BCUT2D eigenvalue weighted by molar-refractivity contribution is 6.33. The molecule has 0 aromatic heterocycles. The highest BCUT2D eigenvalue weighted by Crippen LogP contribution is 2.38. The zero-order chi connectivity index (χ0) is 15.3. The van der Waals surface area contributed by atoms with Crippen LogP contribution in [0.2, 0.25) is 5.02 Å². The highest BCUT2D eigenvalue weighted by Gasteiger charge is 2.34. The summed E-state index contributed by atoms with van der Waals surface area (Å²) in [4.78, 5) is 13.3. The molecule has 0 atom stereocenters. The molecule has 1 aromatic carbocycles. The molecule has 7 heteroatoms. The maximum Gasteiger partial charge on any atom is 0.418 e. The monoisotopic (exact) mass is 308 g/mol. The number of carbonyl (C=O) groups excluding carboxylic acids is 1. The second-order valence-corrected chi connectivity index (χ2v) is 4.49. The molecule has 0 aliphatic carbocycles. The van der Waals surface area contributed by atoms with E-state index in [1.165, 1.54) is 17.0 Å². The smallest absolute Gasteiger partial charge is 0.374 e. The van der Waals surface area contributed by atoms with Gasteiger partial charge in [0.25, 0.3) is 0 Å². The number of rotatable bonds is 5. The van der Waals surface area contributed by atoms with Crippen LogP contribution in [0.15, 0.2) is 18.2 Å². The van der Waals surface area contributed by atoms with Crippen molar-refractivity contribution in [1.29, 1.82) is 0 Å². The molecule has 112 valence electrons. The number of nitrogens with one attached hydrogen (secondary N) is 1. The zero-order valence-corrected chi connectivity index (χ0v) is 12.0. The molecule has 1 N–H and O–H groups in total. The van der Waals surface area contributed by atoms with Gasteiger partial charge < -0.3 is 10.2 Å². The summed E-state index contributed by atoms with van der Waals surface area (Å²) in [5, 5.41) is 2.43. The minimum atomic E-state index is -4.52. The Bertz CT molecular complexity index is 473. The van der Waals surface area contributed by atoms with E-state index in [2.05, 4.69) is 5.32 Å². The Kier molecular flexibility index (Phi) is 5.68. The molecule has 1 rings (SSSR count). The van der Waals surface area contributed by atoms with Gasteiger partial charge in [-0.15, -0.1) is 0 Å². The molecule has 20 heavy (non-hydrogen) atoms. The van der Waals surface area contributed by atoms with Gasteiger partial charge >= 0.3 is 6.18 Å². The van der Waals surface area contributed by atoms with Gasteiger partial charge in [-0.1, -0.05) is 17.7 Å². The number of hydrogen-bond acceptors (Lipinski definition) is 2. The number of nitrogens with zero attached hydrogens (tertiary/aromatic N) is 1. The fraction of sp³-hybridized carbons (Fsp3) is 0.462. The Balaban J connectivity index is 2.90. The summed E-state index contributed by atoms with van der Waals surface area (Å²) < 4.78 is 38.5. The van der Waals surface area contributed by atoms with Gasteiger partial charge in [0.15, 0.2) is 0 Å². The summed E-state index contributed by atoms with van der Waals surface area (Å²) in [5.41, 5.74) is -1.14. The fourth-order valence-electron chi connectivity index (χ4n) is 1.79. The number of halogens is 4. The van der Waals surface area contributed by atoms with Gasteiger partial charge in [0.2, 0.25) is 5.91 Å². The van der Waals surface area contributed by atoms with Crippen molar-refractivity contribution in [2.24, 2.45) is 0 Å². The number of anilines is 1. The predicted molar refractivity (Wildman–Crippen MR) is 72.9 cm³/mol. The number of para-hydroxylation sites is 1. The van der Waals surface area contributed by atoms with Crippen LogP contribution in [0, 0.1) is 0 Å². The van der Waals surface area contributed by atoms with Gasteiger partial charge in [-0.2, -0.15) is 13.2 Å². The molecule has 3 nitrogen and oxygen atoms in total. The SMILES string of the molecule is CCN(CC)C(=O)CNc1c(Cl)cccc1C(F)(F)F. The number of amides is 1. The number of hydrogen-bond donors (Lipinski definition) is 1. The van der Waals surface area contributed by atoms with Crippen LogP contribution >= 0.6 is 11.6 Å². The van der Waals surface area contributed by atoms with E-state index in [-0.39, 0.29) is 23.2 Å². The van der Waals surface area contributed by atoms with Crippen LogP contribution in [-0.2, 0) is 11.0 Å². The van der Waals surface area contributed by atoms with Crippen molar-refractivity contribution >= 4 is 23.2 Å². The Morgan fingerprint density at radius 1 is 1.30 bits per heavy atom. The van der Waals surface area contributed by atoms with Gasteiger partial charge in [0.05, 0.1) is 22.8 Å². The highest BCUT2D eigenvalue weighted by atomic mass is 35.5. The van der Waals surface area contributed by atoms with Crippen LogP contribution in [0.3, 0.4) is 0 Å². The van der Waals surface area contributed by atoms with Crippen LogP contribution in [0.4, 0.5) is 18.9 Å². The molecule has 1 aromatic rings. The maximum atomic E-state index is 12.8. The zero-order valence-electron chi connectivity index (χ0n) is 11.2. The lowest BCUT2D eigenvalue weighted by atomic mass is 10.1. The van der Waals surface area contributed by atoms with Crippen molar-refractivity contribution in [1.82, 2.24) is 4.90 Å². The average Bonchev–Trinajstić information content (AvgIpc) is 2.37. The van der Waals surface area contributed by atoms with Gasteiger partial charge in [-0.3, -0.25) is 4.79 Å². The van der Waals surface area contributed by atoms with E-state index in [1.807, 2.05) is 0 Å². The minimum Gasteiger partial charge on any atom is -0.374 e. The molecule has 0 fully saturated rings. The van der Waals surface area contributed by atoms with Crippen molar-refractivity contribution in [3.63, 3.8) is 0 Å². The first kappa shape index (κ1) is 16.6. The molecule has 0 aliphatic rings. The number of carbonyl (C=O) groups is 1. The van der Waals surface area contributed by atoms with E-state index in [1.54, 1.807) is 13.8 Å². The summed E-state index contributed by atoms with van der Waals surface area (Å²) in [6, 6.07) is 3.50. The maximum absolute atomic E-state index is 12.8. The first-order valence-corrected chi connectivity index (χ1v) is 6.56. The van der Waals surface area contributed by atoms with Crippen molar-refractivity contribution in [3.05, 3.63) is 28.8 Å². The fourth-order valence-corrected chi connectivity index (χ4v) is 2.03. The first-order chi connectivity index (χ1) is 9.31. The molecule has 0 aliphatic heterocycles. The lowest BCUT2D eigenvalue weighted by Crippen LogP contribution is -2.35. The Morgan fingerprint density at radius 2 is 1.90 bits per heavy atom. The van der Waals surface area contributed by atoms with Crippen molar-refractivity contribution in [3.8, 4) is 0 Å². The summed E-state index contributed by atoms with van der Waals surface area (Å²) in [6.45, 7) is 4.39. The van der Waals surface area contributed by atoms with Gasteiger partial charge in [0.1, 0.15) is 0 Å². The third kappa shape index (κ3) is 4.03. The second-order valence-electron chi connectivity index (χ2n) is 4.08. The lowest BCUT2D eigenvalue weighted by Gasteiger charge is -2.20. The molecule has 0 unspecified atom stereocenters. The molecule has 0 spiro atoms. The molecule has 0 saturated heterocycles. The van der Waals surface area contributed by atoms with Crippen molar-refractivity contribution in [2.75, 3.05) is 25.0 Å². The number of likely N-dealkylation sites (N-methyl/N-ethyl adjacent to an activating group) is 1. The van der Waals surface area contributed by atoms with E-state index >= 15 is 0 Å². The summed E-state index contributed by atoms with van der Waals surface area (Å²) in [5.74, 6) is -0.275. The summed E-state index contributed by atoms with van der Waals surface area (Å²) in [6.07, 6.45) is -4.52. The van der Waals surface area contributed by atoms with E-state index in [4.69, 9.17) is 11.6 Å². The number of alkyl halides is 3. The van der Waals surface area contributed by atoms with E-state index in [9.17, 15) is 18.0 Å². The van der Waals surface area contributed by atoms with Gasteiger partial charge in [-0.05, 0) is 26.0 Å². The third-order valence-corrected chi connectivity index (χ3v) is 3.17. The molecule has 0 bridgehead atoms. The summed E-state index contributed by atoms with van der Waals surface area (Å²) >= 11 is 5.78. The van der Waals surface area contributed by atoms with Crippen molar-refractivity contribution in [2.45, 2.75) is 20.0 Å².